The summed E-state index contributed by atoms with van der Waals surface area (Å²) in [7, 11) is 0. The van der Waals surface area contributed by atoms with Crippen LogP contribution < -0.4 is 5.73 Å². The number of amides is 1. The summed E-state index contributed by atoms with van der Waals surface area (Å²) in [5.74, 6) is -1.19. The number of β-amino-alcohol motifs (C(OH)–C–C–N with tert-alkyl or cyclic N) is 1. The molecule has 102 valence electrons. The number of nitrogens with two attached hydrogens (primary N) is 1. The molecule has 2 fully saturated rings. The third kappa shape index (κ3) is 2.35. The fourth-order valence-electron chi connectivity index (χ4n) is 3.15. The van der Waals surface area contributed by atoms with Gasteiger partial charge in [-0.25, -0.2) is 4.79 Å². The summed E-state index contributed by atoms with van der Waals surface area (Å²) < 4.78 is 0. The van der Waals surface area contributed by atoms with Crippen molar-refractivity contribution in [1.82, 2.24) is 4.90 Å². The van der Waals surface area contributed by atoms with E-state index in [0.29, 0.717) is 6.54 Å². The maximum Gasteiger partial charge on any atom is 0.326 e. The third-order valence-electron chi connectivity index (χ3n) is 4.13. The van der Waals surface area contributed by atoms with Gasteiger partial charge in [0, 0.05) is 18.9 Å². The van der Waals surface area contributed by atoms with Gasteiger partial charge in [-0.2, -0.15) is 0 Å². The summed E-state index contributed by atoms with van der Waals surface area (Å²) >= 11 is 0. The first-order chi connectivity index (χ1) is 8.54. The molecule has 1 aliphatic heterocycles. The van der Waals surface area contributed by atoms with Gasteiger partial charge in [0.1, 0.15) is 6.04 Å². The second kappa shape index (κ2) is 5.24. The Hall–Kier alpha value is -1.14. The van der Waals surface area contributed by atoms with Crippen LogP contribution in [0.3, 0.4) is 0 Å². The molecule has 0 aromatic carbocycles. The molecule has 0 aromatic rings. The summed E-state index contributed by atoms with van der Waals surface area (Å²) in [5.41, 5.74) is 5.65. The number of rotatable bonds is 3. The number of aliphatic carboxylic acids is 1. The molecule has 6 nitrogen and oxygen atoms in total. The van der Waals surface area contributed by atoms with Crippen LogP contribution in [0.15, 0.2) is 0 Å². The number of carbonyl (C=O) groups is 2. The van der Waals surface area contributed by atoms with E-state index in [1.807, 2.05) is 0 Å². The molecule has 6 heteroatoms. The molecule has 1 saturated heterocycles. The molecule has 4 atom stereocenters. The van der Waals surface area contributed by atoms with Crippen molar-refractivity contribution in [2.75, 3.05) is 13.1 Å². The van der Waals surface area contributed by atoms with Gasteiger partial charge < -0.3 is 20.8 Å². The summed E-state index contributed by atoms with van der Waals surface area (Å²) in [6, 6.07) is -0.883. The Balaban J connectivity index is 2.10. The van der Waals surface area contributed by atoms with Gasteiger partial charge in [0.2, 0.25) is 5.91 Å². The van der Waals surface area contributed by atoms with E-state index in [-0.39, 0.29) is 30.7 Å². The molecule has 0 aromatic heterocycles. The van der Waals surface area contributed by atoms with Gasteiger partial charge in [-0.3, -0.25) is 4.79 Å². The van der Waals surface area contributed by atoms with E-state index in [4.69, 9.17) is 10.8 Å². The lowest BCUT2D eigenvalue weighted by Crippen LogP contribution is -2.45. The Morgan fingerprint density at radius 3 is 2.67 bits per heavy atom. The average Bonchev–Trinajstić information content (AvgIpc) is 2.93. The number of carbonyl (C=O) groups excluding carboxylic acids is 1. The Kier molecular flexibility index (Phi) is 3.87. The molecule has 1 heterocycles. The summed E-state index contributed by atoms with van der Waals surface area (Å²) in [6.07, 6.45) is 2.07. The molecule has 3 unspecified atom stereocenters. The molecule has 0 spiro atoms. The number of hydrogen-bond acceptors (Lipinski definition) is 4. The van der Waals surface area contributed by atoms with E-state index in [2.05, 4.69) is 0 Å². The number of nitrogens with zero attached hydrogens (tertiary/aromatic N) is 1. The minimum Gasteiger partial charge on any atom is -0.480 e. The zero-order valence-electron chi connectivity index (χ0n) is 10.3. The lowest BCUT2D eigenvalue weighted by atomic mass is 9.94. The van der Waals surface area contributed by atoms with E-state index in [9.17, 15) is 14.7 Å². The zero-order chi connectivity index (χ0) is 13.3. The van der Waals surface area contributed by atoms with Crippen LogP contribution in [0.2, 0.25) is 0 Å². The standard InChI is InChI=1S/C12H20N2O4/c13-5-7-2-1-3-9(7)11(16)14-6-8(15)4-10(14)12(17)18/h7-10,15H,1-6,13H2,(H,17,18)/t7?,8?,9?,10-/m0/s1. The van der Waals surface area contributed by atoms with Gasteiger partial charge in [0.05, 0.1) is 6.10 Å². The lowest BCUT2D eigenvalue weighted by molar-refractivity contribution is -0.150. The fraction of sp³-hybridized carbons (Fsp3) is 0.833. The molecule has 0 radical (unpaired) electrons. The second-order valence-corrected chi connectivity index (χ2v) is 5.27. The van der Waals surface area contributed by atoms with Crippen LogP contribution in [0.4, 0.5) is 0 Å². The van der Waals surface area contributed by atoms with Crippen LogP contribution in [0.5, 0.6) is 0 Å². The van der Waals surface area contributed by atoms with Crippen LogP contribution in [0.1, 0.15) is 25.7 Å². The molecular weight excluding hydrogens is 236 g/mol. The number of hydrogen-bond donors (Lipinski definition) is 3. The topological polar surface area (TPSA) is 104 Å². The summed E-state index contributed by atoms with van der Waals surface area (Å²) in [4.78, 5) is 24.8. The Morgan fingerprint density at radius 1 is 1.33 bits per heavy atom. The van der Waals surface area contributed by atoms with E-state index in [1.54, 1.807) is 0 Å². The van der Waals surface area contributed by atoms with Crippen molar-refractivity contribution in [3.05, 3.63) is 0 Å². The molecule has 2 aliphatic rings. The first kappa shape index (κ1) is 13.3. The van der Waals surface area contributed by atoms with Gasteiger partial charge in [-0.05, 0) is 25.3 Å². The normalized spacial score (nSPS) is 36.0. The number of carboxylic acid groups (broad SMARTS) is 1. The number of aliphatic hydroxyl groups excluding tert-OH is 1. The third-order valence-corrected chi connectivity index (χ3v) is 4.13. The maximum absolute atomic E-state index is 12.4. The van der Waals surface area contributed by atoms with Crippen molar-refractivity contribution in [2.45, 2.75) is 37.8 Å². The van der Waals surface area contributed by atoms with Gasteiger partial charge >= 0.3 is 5.97 Å². The molecule has 1 aliphatic carbocycles. The SMILES string of the molecule is NCC1CCCC1C(=O)N1CC(O)C[C@H]1C(=O)O. The fourth-order valence-corrected chi connectivity index (χ4v) is 3.15. The summed E-state index contributed by atoms with van der Waals surface area (Å²) in [5, 5.41) is 18.6. The molecule has 4 N–H and O–H groups in total. The van der Waals surface area contributed by atoms with Gasteiger partial charge in [-0.1, -0.05) is 6.42 Å². The van der Waals surface area contributed by atoms with Gasteiger partial charge in [0.25, 0.3) is 0 Å². The number of carboxylic acids is 1. The Morgan fingerprint density at radius 2 is 2.06 bits per heavy atom. The predicted octanol–water partition coefficient (Wildman–Crippen LogP) is -0.592. The van der Waals surface area contributed by atoms with Crippen molar-refractivity contribution in [1.29, 1.82) is 0 Å². The van der Waals surface area contributed by atoms with Gasteiger partial charge in [-0.15, -0.1) is 0 Å². The smallest absolute Gasteiger partial charge is 0.326 e. The summed E-state index contributed by atoms with van der Waals surface area (Å²) in [6.45, 7) is 0.591. The van der Waals surface area contributed by atoms with Crippen LogP contribution in [0.25, 0.3) is 0 Å². The second-order valence-electron chi connectivity index (χ2n) is 5.27. The van der Waals surface area contributed by atoms with Crippen molar-refractivity contribution in [3.63, 3.8) is 0 Å². The van der Waals surface area contributed by atoms with Crippen LogP contribution in [-0.2, 0) is 9.59 Å². The average molecular weight is 256 g/mol. The Bertz CT molecular complexity index is 347. The highest BCUT2D eigenvalue weighted by molar-refractivity contribution is 5.86. The molecule has 2 rings (SSSR count). The minimum absolute atomic E-state index is 0.126. The highest BCUT2D eigenvalue weighted by atomic mass is 16.4. The monoisotopic (exact) mass is 256 g/mol. The van der Waals surface area contributed by atoms with Gasteiger partial charge in [0.15, 0.2) is 0 Å². The first-order valence-electron chi connectivity index (χ1n) is 6.46. The molecule has 1 saturated carbocycles. The van der Waals surface area contributed by atoms with E-state index in [0.717, 1.165) is 19.3 Å². The van der Waals surface area contributed by atoms with E-state index < -0.39 is 18.1 Å². The number of aliphatic hydroxyl groups is 1. The predicted molar refractivity (Wildman–Crippen MR) is 63.6 cm³/mol. The largest absolute Gasteiger partial charge is 0.480 e. The van der Waals surface area contributed by atoms with E-state index >= 15 is 0 Å². The van der Waals surface area contributed by atoms with Crippen molar-refractivity contribution in [2.24, 2.45) is 17.6 Å². The first-order valence-corrected chi connectivity index (χ1v) is 6.46. The minimum atomic E-state index is -1.04. The molecule has 0 bridgehead atoms. The lowest BCUT2D eigenvalue weighted by Gasteiger charge is -2.27. The van der Waals surface area contributed by atoms with Crippen LogP contribution in [-0.4, -0.2) is 52.2 Å². The van der Waals surface area contributed by atoms with Crippen LogP contribution in [0, 0.1) is 11.8 Å². The zero-order valence-corrected chi connectivity index (χ0v) is 10.3. The number of likely N-dealkylation sites (tertiary alicyclic amines) is 1. The van der Waals surface area contributed by atoms with Crippen molar-refractivity contribution >= 4 is 11.9 Å². The molecular formula is C12H20N2O4. The molecule has 18 heavy (non-hydrogen) atoms. The highest BCUT2D eigenvalue weighted by Crippen LogP contribution is 2.34. The quantitative estimate of drug-likeness (QED) is 0.626. The maximum atomic E-state index is 12.4. The molecule has 1 amide bonds. The Labute approximate surface area is 106 Å². The highest BCUT2D eigenvalue weighted by Gasteiger charge is 2.43. The van der Waals surface area contributed by atoms with Crippen molar-refractivity contribution in [3.8, 4) is 0 Å². The van der Waals surface area contributed by atoms with E-state index in [1.165, 1.54) is 4.90 Å². The van der Waals surface area contributed by atoms with Crippen LogP contribution >= 0.6 is 0 Å². The van der Waals surface area contributed by atoms with Crippen molar-refractivity contribution < 1.29 is 19.8 Å².